The standard InChI is InChI=1S/C14H13F2NO5/c1-19-10-5-8(4-9(7-17)13(18)21-3)6-11(20-2)12(10)22-14(15)16/h4-6,14H,1-3H3/b9-4+. The normalized spacial score (nSPS) is 10.9. The van der Waals surface area contributed by atoms with E-state index in [0.717, 1.165) is 7.11 Å². The van der Waals surface area contributed by atoms with Crippen LogP contribution in [-0.2, 0) is 9.53 Å². The first-order valence-corrected chi connectivity index (χ1v) is 5.87. The number of alkyl halides is 2. The van der Waals surface area contributed by atoms with Gasteiger partial charge in [0.05, 0.1) is 21.3 Å². The second-order valence-corrected chi connectivity index (χ2v) is 3.79. The lowest BCUT2D eigenvalue weighted by molar-refractivity contribution is -0.135. The molecule has 22 heavy (non-hydrogen) atoms. The number of esters is 1. The van der Waals surface area contributed by atoms with Gasteiger partial charge in [0.15, 0.2) is 11.5 Å². The summed E-state index contributed by atoms with van der Waals surface area (Å²) in [5.41, 5.74) is 0.0476. The highest BCUT2D eigenvalue weighted by atomic mass is 19.3. The van der Waals surface area contributed by atoms with Crippen LogP contribution in [0.5, 0.6) is 17.2 Å². The summed E-state index contributed by atoms with van der Waals surface area (Å²) in [6.07, 6.45) is 1.21. The molecule has 0 fully saturated rings. The minimum atomic E-state index is -3.06. The Balaban J connectivity index is 3.38. The second kappa shape index (κ2) is 7.83. The van der Waals surface area contributed by atoms with Gasteiger partial charge in [0.25, 0.3) is 0 Å². The number of hydrogen-bond acceptors (Lipinski definition) is 6. The topological polar surface area (TPSA) is 77.8 Å². The molecule has 0 saturated carbocycles. The molecule has 6 nitrogen and oxygen atoms in total. The van der Waals surface area contributed by atoms with E-state index in [9.17, 15) is 13.6 Å². The number of halogens is 2. The Morgan fingerprint density at radius 1 is 1.23 bits per heavy atom. The third-order valence-corrected chi connectivity index (χ3v) is 2.53. The highest BCUT2D eigenvalue weighted by Gasteiger charge is 2.18. The summed E-state index contributed by atoms with van der Waals surface area (Å²) in [4.78, 5) is 11.4. The molecular weight excluding hydrogens is 300 g/mol. The molecule has 0 unspecified atom stereocenters. The maximum atomic E-state index is 12.4. The molecule has 1 aromatic rings. The molecule has 0 aliphatic heterocycles. The van der Waals surface area contributed by atoms with Gasteiger partial charge in [-0.25, -0.2) is 4.79 Å². The van der Waals surface area contributed by atoms with Crippen LogP contribution in [-0.4, -0.2) is 33.9 Å². The fraction of sp³-hybridized carbons (Fsp3) is 0.286. The van der Waals surface area contributed by atoms with Crippen molar-refractivity contribution in [2.75, 3.05) is 21.3 Å². The van der Waals surface area contributed by atoms with Crippen molar-refractivity contribution in [3.05, 3.63) is 23.3 Å². The smallest absolute Gasteiger partial charge is 0.387 e. The van der Waals surface area contributed by atoms with Crippen molar-refractivity contribution in [2.45, 2.75) is 6.61 Å². The Labute approximate surface area is 125 Å². The molecule has 0 aliphatic rings. The minimum absolute atomic E-state index is 0.0342. The van der Waals surface area contributed by atoms with E-state index in [1.165, 1.54) is 32.4 Å². The molecule has 0 N–H and O–H groups in total. The average Bonchev–Trinajstić information content (AvgIpc) is 2.51. The summed E-state index contributed by atoms with van der Waals surface area (Å²) in [6, 6.07) is 4.32. The van der Waals surface area contributed by atoms with Gasteiger partial charge < -0.3 is 18.9 Å². The van der Waals surface area contributed by atoms with Gasteiger partial charge in [0.2, 0.25) is 5.75 Å². The van der Waals surface area contributed by atoms with E-state index in [0.29, 0.717) is 5.56 Å². The predicted octanol–water partition coefficient (Wildman–Crippen LogP) is 2.39. The van der Waals surface area contributed by atoms with Gasteiger partial charge in [0, 0.05) is 0 Å². The third kappa shape index (κ3) is 4.09. The Hall–Kier alpha value is -2.82. The van der Waals surface area contributed by atoms with Gasteiger partial charge in [-0.3, -0.25) is 0 Å². The van der Waals surface area contributed by atoms with Crippen molar-refractivity contribution in [3.8, 4) is 23.3 Å². The molecule has 1 aromatic carbocycles. The van der Waals surface area contributed by atoms with Crippen molar-refractivity contribution in [3.63, 3.8) is 0 Å². The number of ether oxygens (including phenoxy) is 4. The lowest BCUT2D eigenvalue weighted by atomic mass is 10.1. The number of nitriles is 1. The molecule has 0 aromatic heterocycles. The maximum Gasteiger partial charge on any atom is 0.387 e. The lowest BCUT2D eigenvalue weighted by Crippen LogP contribution is -2.06. The van der Waals surface area contributed by atoms with Crippen molar-refractivity contribution in [2.24, 2.45) is 0 Å². The summed E-state index contributed by atoms with van der Waals surface area (Å²) in [7, 11) is 3.65. The number of carbonyl (C=O) groups excluding carboxylic acids is 1. The molecule has 0 spiro atoms. The summed E-state index contributed by atoms with van der Waals surface area (Å²) >= 11 is 0. The van der Waals surface area contributed by atoms with E-state index in [4.69, 9.17) is 14.7 Å². The molecule has 0 saturated heterocycles. The summed E-state index contributed by atoms with van der Waals surface area (Å²) in [6.45, 7) is -3.06. The van der Waals surface area contributed by atoms with E-state index in [1.54, 1.807) is 6.07 Å². The molecule has 1 rings (SSSR count). The van der Waals surface area contributed by atoms with Gasteiger partial charge in [0.1, 0.15) is 11.6 Å². The maximum absolute atomic E-state index is 12.4. The Morgan fingerprint density at radius 3 is 2.14 bits per heavy atom. The van der Waals surface area contributed by atoms with Gasteiger partial charge in [-0.1, -0.05) is 0 Å². The molecule has 0 radical (unpaired) electrons. The largest absolute Gasteiger partial charge is 0.493 e. The zero-order valence-electron chi connectivity index (χ0n) is 12.1. The van der Waals surface area contributed by atoms with Crippen molar-refractivity contribution in [1.29, 1.82) is 5.26 Å². The van der Waals surface area contributed by atoms with Crippen LogP contribution >= 0.6 is 0 Å². The third-order valence-electron chi connectivity index (χ3n) is 2.53. The fourth-order valence-electron chi connectivity index (χ4n) is 1.60. The number of nitrogens with zero attached hydrogens (tertiary/aromatic N) is 1. The van der Waals surface area contributed by atoms with Crippen LogP contribution in [0, 0.1) is 11.3 Å². The van der Waals surface area contributed by atoms with E-state index in [2.05, 4.69) is 9.47 Å². The van der Waals surface area contributed by atoms with E-state index < -0.39 is 12.6 Å². The molecule has 0 atom stereocenters. The molecule has 0 heterocycles. The number of methoxy groups -OCH3 is 3. The summed E-state index contributed by atoms with van der Waals surface area (Å²) in [5.74, 6) is -1.18. The molecular formula is C14H13F2NO5. The SMILES string of the molecule is COC(=O)/C(C#N)=C/c1cc(OC)c(OC(F)F)c(OC)c1. The van der Waals surface area contributed by atoms with Crippen LogP contribution in [0.1, 0.15) is 5.56 Å². The first-order chi connectivity index (χ1) is 10.5. The van der Waals surface area contributed by atoms with E-state index >= 15 is 0 Å². The average molecular weight is 313 g/mol. The van der Waals surface area contributed by atoms with Crippen LogP contribution in [0.2, 0.25) is 0 Å². The molecule has 8 heteroatoms. The van der Waals surface area contributed by atoms with Gasteiger partial charge in [-0.05, 0) is 23.8 Å². The monoisotopic (exact) mass is 313 g/mol. The van der Waals surface area contributed by atoms with Gasteiger partial charge in [-0.2, -0.15) is 14.0 Å². The zero-order chi connectivity index (χ0) is 16.7. The van der Waals surface area contributed by atoms with Crippen LogP contribution in [0.3, 0.4) is 0 Å². The number of benzene rings is 1. The first kappa shape index (κ1) is 17.2. The summed E-state index contributed by atoms with van der Waals surface area (Å²) in [5, 5.41) is 8.91. The first-order valence-electron chi connectivity index (χ1n) is 5.87. The Bertz CT molecular complexity index is 597. The highest BCUT2D eigenvalue weighted by Crippen LogP contribution is 2.40. The predicted molar refractivity (Wildman–Crippen MR) is 71.8 cm³/mol. The van der Waals surface area contributed by atoms with Crippen LogP contribution in [0.15, 0.2) is 17.7 Å². The molecule has 0 amide bonds. The van der Waals surface area contributed by atoms with E-state index in [-0.39, 0.29) is 22.8 Å². The van der Waals surface area contributed by atoms with Crippen LogP contribution in [0.25, 0.3) is 6.08 Å². The zero-order valence-corrected chi connectivity index (χ0v) is 12.1. The summed E-state index contributed by atoms with van der Waals surface area (Å²) < 4.78 is 43.6. The molecule has 118 valence electrons. The lowest BCUT2D eigenvalue weighted by Gasteiger charge is -2.14. The Kier molecular flexibility index (Phi) is 6.13. The van der Waals surface area contributed by atoms with Gasteiger partial charge >= 0.3 is 12.6 Å². The van der Waals surface area contributed by atoms with Crippen molar-refractivity contribution >= 4 is 12.0 Å². The van der Waals surface area contributed by atoms with Crippen LogP contribution < -0.4 is 14.2 Å². The number of hydrogen-bond donors (Lipinski definition) is 0. The van der Waals surface area contributed by atoms with Crippen LogP contribution in [0.4, 0.5) is 8.78 Å². The van der Waals surface area contributed by atoms with Gasteiger partial charge in [-0.15, -0.1) is 0 Å². The number of carbonyl (C=O) groups is 1. The van der Waals surface area contributed by atoms with Crippen molar-refractivity contribution in [1.82, 2.24) is 0 Å². The molecule has 0 aliphatic carbocycles. The second-order valence-electron chi connectivity index (χ2n) is 3.79. The quantitative estimate of drug-likeness (QED) is 0.456. The Morgan fingerprint density at radius 2 is 1.77 bits per heavy atom. The van der Waals surface area contributed by atoms with E-state index in [1.807, 2.05) is 0 Å². The highest BCUT2D eigenvalue weighted by molar-refractivity contribution is 5.98. The number of rotatable bonds is 6. The fourth-order valence-corrected chi connectivity index (χ4v) is 1.60. The molecule has 0 bridgehead atoms. The van der Waals surface area contributed by atoms with Crippen molar-refractivity contribution < 1.29 is 32.5 Å². The minimum Gasteiger partial charge on any atom is -0.493 e.